The van der Waals surface area contributed by atoms with Gasteiger partial charge in [0.15, 0.2) is 0 Å². The van der Waals surface area contributed by atoms with Gasteiger partial charge < -0.3 is 0 Å². The zero-order valence-corrected chi connectivity index (χ0v) is 17.5. The molecule has 3 aliphatic rings. The van der Waals surface area contributed by atoms with Crippen molar-refractivity contribution in [3.63, 3.8) is 0 Å². The average Bonchev–Trinajstić information content (AvgIpc) is 3.14. The Kier molecular flexibility index (Phi) is 2.98. The number of hydrogen-bond acceptors (Lipinski definition) is 0. The van der Waals surface area contributed by atoms with Crippen LogP contribution in [0.2, 0.25) is 23.6 Å². The van der Waals surface area contributed by atoms with E-state index < -0.39 is 24.7 Å². The van der Waals surface area contributed by atoms with Gasteiger partial charge in [-0.05, 0) is 0 Å². The molecule has 0 amide bonds. The Bertz CT molecular complexity index is 859. The molecular formula is C22H24SiTi. The van der Waals surface area contributed by atoms with Gasteiger partial charge in [0.2, 0.25) is 0 Å². The van der Waals surface area contributed by atoms with E-state index in [1.54, 1.807) is 11.1 Å². The molecule has 0 aromatic heterocycles. The van der Waals surface area contributed by atoms with Crippen LogP contribution in [0.25, 0.3) is 12.2 Å². The number of fused-ring (bicyclic) bond motifs is 6. The molecule has 1 saturated heterocycles. The van der Waals surface area contributed by atoms with Gasteiger partial charge in [-0.15, -0.1) is 0 Å². The van der Waals surface area contributed by atoms with Crippen molar-refractivity contribution in [3.05, 3.63) is 81.2 Å². The van der Waals surface area contributed by atoms with Gasteiger partial charge in [-0.3, -0.25) is 0 Å². The van der Waals surface area contributed by atoms with Gasteiger partial charge in [-0.1, -0.05) is 0 Å². The van der Waals surface area contributed by atoms with Crippen molar-refractivity contribution in [2.45, 2.75) is 32.0 Å². The maximum absolute atomic E-state index is 2.69. The third kappa shape index (κ3) is 1.73. The molecule has 0 spiro atoms. The fourth-order valence-electron chi connectivity index (χ4n) is 5.67. The number of rotatable bonds is 0. The van der Waals surface area contributed by atoms with Gasteiger partial charge in [-0.25, -0.2) is 0 Å². The van der Waals surface area contributed by atoms with Crippen molar-refractivity contribution in [3.8, 4) is 0 Å². The molecule has 0 nitrogen and oxygen atoms in total. The first-order valence-corrected chi connectivity index (χ1v) is 17.0. The van der Waals surface area contributed by atoms with Gasteiger partial charge in [0, 0.05) is 0 Å². The van der Waals surface area contributed by atoms with Crippen molar-refractivity contribution in [1.29, 1.82) is 0 Å². The topological polar surface area (TPSA) is 0 Å². The van der Waals surface area contributed by atoms with Gasteiger partial charge >= 0.3 is 150 Å². The monoisotopic (exact) mass is 364 g/mol. The Labute approximate surface area is 149 Å². The van der Waals surface area contributed by atoms with Gasteiger partial charge in [-0.2, -0.15) is 0 Å². The van der Waals surface area contributed by atoms with E-state index in [9.17, 15) is 0 Å². The molecule has 2 aromatic carbocycles. The molecule has 1 fully saturated rings. The van der Waals surface area contributed by atoms with Crippen LogP contribution in [0.1, 0.15) is 30.7 Å². The Balaban J connectivity index is 1.80. The van der Waals surface area contributed by atoms with E-state index in [-0.39, 0.29) is 0 Å². The summed E-state index contributed by atoms with van der Waals surface area (Å²) < 4.78 is 1.52. The number of hydrogen-bond donors (Lipinski definition) is 0. The second-order valence-corrected chi connectivity index (χ2v) is 20.7. The van der Waals surface area contributed by atoms with Crippen LogP contribution >= 0.6 is 0 Å². The van der Waals surface area contributed by atoms with Crippen LogP contribution in [0.4, 0.5) is 0 Å². The minimum atomic E-state index is -2.16. The first-order valence-electron chi connectivity index (χ1n) is 9.04. The predicted molar refractivity (Wildman–Crippen MR) is 104 cm³/mol. The molecule has 0 N–H and O–H groups in total. The standard InChI is InChI=1S/C20H18Si.2CH3.Ti/c1-21(2,19-11-15-7-3-4-8-16(15)12-19)20-13-17-9-5-6-10-18(17)14-20;;;/h3-14H,1-2H3;2*1H3;. The molecule has 0 saturated carbocycles. The molecule has 24 heavy (non-hydrogen) atoms. The molecule has 120 valence electrons. The van der Waals surface area contributed by atoms with Crippen molar-refractivity contribution < 1.29 is 16.6 Å². The van der Waals surface area contributed by atoms with Crippen molar-refractivity contribution in [2.24, 2.45) is 0 Å². The van der Waals surface area contributed by atoms with Crippen LogP contribution in [-0.4, -0.2) is 8.07 Å². The molecule has 2 heteroatoms. The summed E-state index contributed by atoms with van der Waals surface area (Å²) in [6, 6.07) is 18.4. The Morgan fingerprint density at radius 1 is 0.708 bits per heavy atom. The summed E-state index contributed by atoms with van der Waals surface area (Å²) in [6.45, 7) is 5.19. The summed E-state index contributed by atoms with van der Waals surface area (Å²) in [5.74, 6) is 0. The van der Waals surface area contributed by atoms with Crippen LogP contribution in [0.5, 0.6) is 0 Å². The molecule has 0 bridgehead atoms. The predicted octanol–water partition coefficient (Wildman–Crippen LogP) is 6.31. The molecule has 2 aliphatic carbocycles. The van der Waals surface area contributed by atoms with Crippen molar-refractivity contribution in [2.75, 3.05) is 0 Å². The van der Waals surface area contributed by atoms with E-state index in [1.165, 1.54) is 11.1 Å². The van der Waals surface area contributed by atoms with E-state index in [2.05, 4.69) is 84.2 Å². The van der Waals surface area contributed by atoms with Crippen molar-refractivity contribution in [1.82, 2.24) is 0 Å². The molecule has 2 atom stereocenters. The van der Waals surface area contributed by atoms with E-state index in [1.807, 2.05) is 10.4 Å². The fraction of sp³-hybridized carbons (Fsp3) is 0.273. The Hall–Kier alpha value is -1.15. The number of allylic oxidation sites excluding steroid dienone is 2. The molecule has 2 aromatic rings. The third-order valence-electron chi connectivity index (χ3n) is 6.79. The SMILES string of the molecule is C[Si]1(C)C2=Cc3ccccc3[CH]2[Ti]([CH3])([CH3])[CH]2C1=Cc1ccccc12. The quantitative estimate of drug-likeness (QED) is 0.480. The molecule has 1 heterocycles. The number of benzene rings is 2. The zero-order chi connectivity index (χ0) is 16.7. The Morgan fingerprint density at radius 3 is 1.58 bits per heavy atom. The summed E-state index contributed by atoms with van der Waals surface area (Å²) in [4.78, 5) is 0. The minimum absolute atomic E-state index is 0.760. The van der Waals surface area contributed by atoms with E-state index in [0.717, 1.165) is 8.45 Å². The van der Waals surface area contributed by atoms with E-state index in [4.69, 9.17) is 0 Å². The molecule has 1 aliphatic heterocycles. The summed E-state index contributed by atoms with van der Waals surface area (Å²) >= 11 is -2.16. The van der Waals surface area contributed by atoms with E-state index >= 15 is 0 Å². The second kappa shape index (κ2) is 4.72. The van der Waals surface area contributed by atoms with Crippen molar-refractivity contribution >= 4 is 20.2 Å². The first-order chi connectivity index (χ1) is 11.4. The summed E-state index contributed by atoms with van der Waals surface area (Å²) in [5, 5.41) is 9.02. The van der Waals surface area contributed by atoms with E-state index in [0.29, 0.717) is 0 Å². The van der Waals surface area contributed by atoms with Crippen LogP contribution in [0, 0.1) is 0 Å². The summed E-state index contributed by atoms with van der Waals surface area (Å²) in [5.41, 5.74) is 6.29. The molecule has 0 radical (unpaired) electrons. The van der Waals surface area contributed by atoms with Crippen LogP contribution in [0.15, 0.2) is 58.9 Å². The van der Waals surface area contributed by atoms with Gasteiger partial charge in [0.25, 0.3) is 0 Å². The van der Waals surface area contributed by atoms with Crippen LogP contribution in [0.3, 0.4) is 0 Å². The van der Waals surface area contributed by atoms with Crippen LogP contribution in [-0.2, 0) is 16.6 Å². The zero-order valence-electron chi connectivity index (χ0n) is 14.9. The Morgan fingerprint density at radius 2 is 1.12 bits per heavy atom. The fourth-order valence-corrected chi connectivity index (χ4v) is 21.8. The van der Waals surface area contributed by atoms with Gasteiger partial charge in [0.05, 0.1) is 0 Å². The summed E-state index contributed by atoms with van der Waals surface area (Å²) in [7, 11) is -1.57. The average molecular weight is 364 g/mol. The van der Waals surface area contributed by atoms with Gasteiger partial charge in [0.1, 0.15) is 0 Å². The maximum atomic E-state index is 2.69. The molecule has 2 unspecified atom stereocenters. The normalized spacial score (nSPS) is 27.5. The summed E-state index contributed by atoms with van der Waals surface area (Å²) in [6.07, 6.45) is 5.17. The molecule has 5 rings (SSSR count). The van der Waals surface area contributed by atoms with Crippen LogP contribution < -0.4 is 0 Å². The third-order valence-corrected chi connectivity index (χ3v) is 18.0. The first kappa shape index (κ1) is 15.1. The molecular weight excluding hydrogens is 340 g/mol. The second-order valence-electron chi connectivity index (χ2n) is 8.77.